The summed E-state index contributed by atoms with van der Waals surface area (Å²) in [6, 6.07) is 9.74. The van der Waals surface area contributed by atoms with Gasteiger partial charge in [-0.1, -0.05) is 53.2 Å². The quantitative estimate of drug-likeness (QED) is 0.517. The van der Waals surface area contributed by atoms with Gasteiger partial charge in [0.1, 0.15) is 0 Å². The van der Waals surface area contributed by atoms with E-state index in [1.165, 1.54) is 22.7 Å². The molecular weight excluding hydrogens is 413 g/mol. The van der Waals surface area contributed by atoms with E-state index in [9.17, 15) is 9.90 Å². The molecule has 1 aliphatic heterocycles. The number of nitrogens with zero attached hydrogens (tertiary/aromatic N) is 1. The number of carbonyl (C=O) groups excluding carboxylic acids is 1. The summed E-state index contributed by atoms with van der Waals surface area (Å²) in [4.78, 5) is 14.7. The van der Waals surface area contributed by atoms with Crippen molar-refractivity contribution in [2.24, 2.45) is 0 Å². The fourth-order valence-corrected chi connectivity index (χ4v) is 4.22. The lowest BCUT2D eigenvalue weighted by atomic mass is 10.2. The summed E-state index contributed by atoms with van der Waals surface area (Å²) >= 11 is 18.6. The number of hydrogen-bond acceptors (Lipinski definition) is 5. The third-order valence-corrected chi connectivity index (χ3v) is 5.22. The van der Waals surface area contributed by atoms with Crippen LogP contribution < -0.4 is 9.64 Å². The Morgan fingerprint density at radius 3 is 2.58 bits per heavy atom. The molecule has 0 aliphatic carbocycles. The highest BCUT2D eigenvalue weighted by molar-refractivity contribution is 8.27. The first-order valence-electron chi connectivity index (χ1n) is 7.59. The van der Waals surface area contributed by atoms with Gasteiger partial charge in [-0.05, 0) is 48.9 Å². The van der Waals surface area contributed by atoms with E-state index in [0.29, 0.717) is 37.3 Å². The van der Waals surface area contributed by atoms with Gasteiger partial charge in [0, 0.05) is 10.0 Å². The first-order valence-corrected chi connectivity index (χ1v) is 9.57. The van der Waals surface area contributed by atoms with E-state index in [-0.39, 0.29) is 11.7 Å². The zero-order chi connectivity index (χ0) is 18.8. The van der Waals surface area contributed by atoms with Crippen molar-refractivity contribution >= 4 is 69.2 Å². The summed E-state index contributed by atoms with van der Waals surface area (Å²) in [5, 5.41) is 10.6. The molecule has 1 N–H and O–H groups in total. The van der Waals surface area contributed by atoms with E-state index < -0.39 is 0 Å². The number of thioether (sulfide) groups is 1. The van der Waals surface area contributed by atoms with Crippen molar-refractivity contribution in [2.75, 3.05) is 11.5 Å². The van der Waals surface area contributed by atoms with Crippen LogP contribution in [0.25, 0.3) is 6.08 Å². The Morgan fingerprint density at radius 2 is 1.92 bits per heavy atom. The second kappa shape index (κ2) is 7.88. The molecule has 0 radical (unpaired) electrons. The Morgan fingerprint density at radius 1 is 1.23 bits per heavy atom. The minimum Gasteiger partial charge on any atom is -0.504 e. The van der Waals surface area contributed by atoms with E-state index in [0.717, 1.165) is 5.56 Å². The number of phenolic OH excluding ortho intramolecular Hbond substituents is 1. The molecule has 1 aliphatic rings. The van der Waals surface area contributed by atoms with Gasteiger partial charge in [-0.15, -0.1) is 0 Å². The second-order valence-corrected chi connectivity index (χ2v) is 7.85. The van der Waals surface area contributed by atoms with Gasteiger partial charge in [-0.2, -0.15) is 0 Å². The molecule has 1 heterocycles. The zero-order valence-corrected chi connectivity index (χ0v) is 16.7. The van der Waals surface area contributed by atoms with Crippen molar-refractivity contribution in [1.82, 2.24) is 0 Å². The zero-order valence-electron chi connectivity index (χ0n) is 13.5. The fourth-order valence-electron chi connectivity index (χ4n) is 2.40. The molecule has 0 atom stereocenters. The van der Waals surface area contributed by atoms with Crippen LogP contribution in [0.5, 0.6) is 11.5 Å². The van der Waals surface area contributed by atoms with E-state index in [1.54, 1.807) is 36.4 Å². The number of carbonyl (C=O) groups is 1. The lowest BCUT2D eigenvalue weighted by Crippen LogP contribution is -2.27. The Hall–Kier alpha value is -1.73. The molecule has 3 rings (SSSR count). The Kier molecular flexibility index (Phi) is 5.77. The summed E-state index contributed by atoms with van der Waals surface area (Å²) in [6.45, 7) is 2.25. The molecule has 2 aromatic carbocycles. The van der Waals surface area contributed by atoms with Crippen LogP contribution in [0.15, 0.2) is 41.3 Å². The Balaban J connectivity index is 1.93. The van der Waals surface area contributed by atoms with Gasteiger partial charge in [0.15, 0.2) is 15.8 Å². The van der Waals surface area contributed by atoms with Gasteiger partial charge in [0.25, 0.3) is 5.91 Å². The highest BCUT2D eigenvalue weighted by Gasteiger charge is 2.33. The SMILES string of the molecule is CCOc1cc(/C=C2/SC(=S)N(c3cc(Cl)cc(Cl)c3)C2=O)ccc1O. The number of thiocarbonyl (C=S) groups is 1. The summed E-state index contributed by atoms with van der Waals surface area (Å²) in [7, 11) is 0. The van der Waals surface area contributed by atoms with Gasteiger partial charge in [-0.3, -0.25) is 9.69 Å². The lowest BCUT2D eigenvalue weighted by Gasteiger charge is -2.15. The van der Waals surface area contributed by atoms with Crippen molar-refractivity contribution in [1.29, 1.82) is 0 Å². The van der Waals surface area contributed by atoms with Crippen LogP contribution >= 0.6 is 47.2 Å². The van der Waals surface area contributed by atoms with Crippen LogP contribution in [-0.2, 0) is 4.79 Å². The molecule has 1 amide bonds. The predicted octanol–water partition coefficient (Wildman–Crippen LogP) is 5.50. The highest BCUT2D eigenvalue weighted by Crippen LogP contribution is 2.38. The minimum absolute atomic E-state index is 0.0464. The average Bonchev–Trinajstić information content (AvgIpc) is 2.84. The van der Waals surface area contributed by atoms with Crippen molar-refractivity contribution in [2.45, 2.75) is 6.92 Å². The summed E-state index contributed by atoms with van der Waals surface area (Å²) < 4.78 is 5.76. The normalized spacial score (nSPS) is 15.8. The van der Waals surface area contributed by atoms with Crippen LogP contribution in [0.2, 0.25) is 10.0 Å². The van der Waals surface area contributed by atoms with Crippen LogP contribution in [0.1, 0.15) is 12.5 Å². The van der Waals surface area contributed by atoms with E-state index in [4.69, 9.17) is 40.2 Å². The smallest absolute Gasteiger partial charge is 0.270 e. The fraction of sp³-hybridized carbons (Fsp3) is 0.111. The van der Waals surface area contributed by atoms with Crippen LogP contribution in [0, 0.1) is 0 Å². The maximum absolute atomic E-state index is 12.8. The lowest BCUT2D eigenvalue weighted by molar-refractivity contribution is -0.113. The molecule has 2 aromatic rings. The van der Waals surface area contributed by atoms with Gasteiger partial charge < -0.3 is 9.84 Å². The van der Waals surface area contributed by atoms with E-state index in [1.807, 2.05) is 6.92 Å². The van der Waals surface area contributed by atoms with Crippen LogP contribution in [0.3, 0.4) is 0 Å². The monoisotopic (exact) mass is 425 g/mol. The number of rotatable bonds is 4. The third-order valence-electron chi connectivity index (χ3n) is 3.48. The molecule has 0 unspecified atom stereocenters. The largest absolute Gasteiger partial charge is 0.504 e. The molecule has 8 heteroatoms. The van der Waals surface area contributed by atoms with Gasteiger partial charge in [0.2, 0.25) is 0 Å². The molecule has 134 valence electrons. The molecule has 0 bridgehead atoms. The van der Waals surface area contributed by atoms with Gasteiger partial charge in [0.05, 0.1) is 17.2 Å². The maximum atomic E-state index is 12.8. The van der Waals surface area contributed by atoms with Crippen LogP contribution in [0.4, 0.5) is 5.69 Å². The number of aromatic hydroxyl groups is 1. The third kappa shape index (κ3) is 3.99. The summed E-state index contributed by atoms with van der Waals surface area (Å²) in [5.41, 5.74) is 1.24. The van der Waals surface area contributed by atoms with E-state index >= 15 is 0 Å². The summed E-state index contributed by atoms with van der Waals surface area (Å²) in [5.74, 6) is 0.146. The van der Waals surface area contributed by atoms with Gasteiger partial charge >= 0.3 is 0 Å². The molecule has 0 saturated carbocycles. The number of benzene rings is 2. The molecular formula is C18H13Cl2NO3S2. The number of halogens is 2. The Bertz CT molecular complexity index is 910. The highest BCUT2D eigenvalue weighted by atomic mass is 35.5. The predicted molar refractivity (Wildman–Crippen MR) is 111 cm³/mol. The first kappa shape index (κ1) is 19.0. The second-order valence-electron chi connectivity index (χ2n) is 5.30. The number of anilines is 1. The molecule has 4 nitrogen and oxygen atoms in total. The van der Waals surface area contributed by atoms with Crippen LogP contribution in [-0.4, -0.2) is 21.9 Å². The number of amides is 1. The number of ether oxygens (including phenoxy) is 1. The standard InChI is InChI=1S/C18H13Cl2NO3S2/c1-2-24-15-5-10(3-4-14(15)22)6-16-17(23)21(18(25)26-16)13-8-11(19)7-12(20)9-13/h3-9,22H,2H2,1H3/b16-6+. The van der Waals surface area contributed by atoms with Crippen molar-refractivity contribution < 1.29 is 14.6 Å². The van der Waals surface area contributed by atoms with Gasteiger partial charge in [-0.25, -0.2) is 0 Å². The number of phenols is 1. The molecule has 1 saturated heterocycles. The topological polar surface area (TPSA) is 49.8 Å². The molecule has 26 heavy (non-hydrogen) atoms. The van der Waals surface area contributed by atoms with E-state index in [2.05, 4.69) is 0 Å². The molecule has 1 fully saturated rings. The molecule has 0 spiro atoms. The maximum Gasteiger partial charge on any atom is 0.270 e. The minimum atomic E-state index is -0.260. The summed E-state index contributed by atoms with van der Waals surface area (Å²) in [6.07, 6.45) is 1.70. The van der Waals surface area contributed by atoms with Crippen molar-refractivity contribution in [3.05, 3.63) is 56.9 Å². The number of hydrogen-bond donors (Lipinski definition) is 1. The van der Waals surface area contributed by atoms with Crippen molar-refractivity contribution in [3.8, 4) is 11.5 Å². The molecule has 0 aromatic heterocycles. The van der Waals surface area contributed by atoms with Crippen molar-refractivity contribution in [3.63, 3.8) is 0 Å². The first-order chi connectivity index (χ1) is 12.4. The average molecular weight is 426 g/mol. The Labute approximate surface area is 170 Å².